The fraction of sp³-hybridized carbons (Fsp3) is 0.667. The Morgan fingerprint density at radius 2 is 2.12 bits per heavy atom. The number of carbonyl (C=O) groups is 2. The van der Waals surface area contributed by atoms with Crippen molar-refractivity contribution < 1.29 is 14.7 Å². The van der Waals surface area contributed by atoms with E-state index in [1.807, 2.05) is 6.92 Å². The van der Waals surface area contributed by atoms with Crippen LogP contribution in [0.4, 0.5) is 0 Å². The van der Waals surface area contributed by atoms with Gasteiger partial charge in [0.25, 0.3) is 0 Å². The lowest BCUT2D eigenvalue weighted by atomic mass is 10.0. The molecule has 0 radical (unpaired) electrons. The van der Waals surface area contributed by atoms with E-state index >= 15 is 0 Å². The standard InChI is InChI=1S/C12H20N2O3/c1-3-4-5-10(12(16)17)14-11(15)8(2)9-6-13-7-9/h10,13H,3-7H2,1-2H3,(H,14,15)(H,16,17). The van der Waals surface area contributed by atoms with Gasteiger partial charge < -0.3 is 15.7 Å². The third-order valence-corrected chi connectivity index (χ3v) is 3.00. The Balaban J connectivity index is 2.54. The summed E-state index contributed by atoms with van der Waals surface area (Å²) in [6.45, 7) is 5.19. The highest BCUT2D eigenvalue weighted by Gasteiger charge is 2.22. The van der Waals surface area contributed by atoms with Crippen LogP contribution in [0.3, 0.4) is 0 Å². The smallest absolute Gasteiger partial charge is 0.326 e. The minimum atomic E-state index is -0.962. The molecule has 1 atom stereocenters. The highest BCUT2D eigenvalue weighted by molar-refractivity contribution is 5.96. The van der Waals surface area contributed by atoms with Crippen LogP contribution >= 0.6 is 0 Å². The normalized spacial score (nSPS) is 16.0. The number of amides is 1. The first-order valence-electron chi connectivity index (χ1n) is 5.99. The first-order chi connectivity index (χ1) is 8.06. The summed E-state index contributed by atoms with van der Waals surface area (Å²) >= 11 is 0. The fourth-order valence-electron chi connectivity index (χ4n) is 1.61. The summed E-state index contributed by atoms with van der Waals surface area (Å²) in [5.41, 5.74) is 1.70. The molecule has 96 valence electrons. The molecule has 0 spiro atoms. The molecule has 1 fully saturated rings. The van der Waals surface area contributed by atoms with Gasteiger partial charge in [-0.15, -0.1) is 0 Å². The lowest BCUT2D eigenvalue weighted by Gasteiger charge is -2.22. The Bertz CT molecular complexity index is 331. The predicted octanol–water partition coefficient (Wildman–Crippen LogP) is 0.666. The number of aliphatic carboxylic acids is 1. The van der Waals surface area contributed by atoms with Gasteiger partial charge in [-0.3, -0.25) is 4.79 Å². The zero-order chi connectivity index (χ0) is 12.8. The van der Waals surface area contributed by atoms with Crippen LogP contribution in [0.5, 0.6) is 0 Å². The molecule has 1 saturated heterocycles. The molecule has 0 aliphatic carbocycles. The van der Waals surface area contributed by atoms with Gasteiger partial charge >= 0.3 is 5.97 Å². The van der Waals surface area contributed by atoms with Gasteiger partial charge in [-0.1, -0.05) is 19.8 Å². The molecular formula is C12H20N2O3. The molecule has 1 amide bonds. The molecular weight excluding hydrogens is 220 g/mol. The van der Waals surface area contributed by atoms with Crippen molar-refractivity contribution in [3.63, 3.8) is 0 Å². The summed E-state index contributed by atoms with van der Waals surface area (Å²) < 4.78 is 0. The topological polar surface area (TPSA) is 78.4 Å². The summed E-state index contributed by atoms with van der Waals surface area (Å²) in [5, 5.41) is 14.6. The lowest BCUT2D eigenvalue weighted by Crippen LogP contribution is -2.43. The van der Waals surface area contributed by atoms with Gasteiger partial charge in [0, 0.05) is 18.7 Å². The highest BCUT2D eigenvalue weighted by Crippen LogP contribution is 2.10. The molecule has 0 aromatic carbocycles. The summed E-state index contributed by atoms with van der Waals surface area (Å²) in [5.74, 6) is -1.22. The zero-order valence-corrected chi connectivity index (χ0v) is 10.4. The molecule has 1 aliphatic heterocycles. The number of carboxylic acids is 1. The summed E-state index contributed by atoms with van der Waals surface area (Å²) in [6, 6.07) is -0.772. The van der Waals surface area contributed by atoms with E-state index in [1.54, 1.807) is 6.92 Å². The first kappa shape index (κ1) is 13.7. The van der Waals surface area contributed by atoms with E-state index in [2.05, 4.69) is 10.6 Å². The average Bonchev–Trinajstić information content (AvgIpc) is 2.20. The van der Waals surface area contributed by atoms with Crippen LogP contribution in [-0.4, -0.2) is 36.1 Å². The minimum Gasteiger partial charge on any atom is -0.480 e. The number of nitrogens with one attached hydrogen (secondary N) is 2. The molecule has 5 nitrogen and oxygen atoms in total. The van der Waals surface area contributed by atoms with Gasteiger partial charge in [-0.05, 0) is 18.9 Å². The molecule has 0 bridgehead atoms. The molecule has 3 N–H and O–H groups in total. The van der Waals surface area contributed by atoms with Gasteiger partial charge in [0.05, 0.1) is 0 Å². The maximum atomic E-state index is 11.8. The molecule has 5 heteroatoms. The Morgan fingerprint density at radius 3 is 2.53 bits per heavy atom. The number of hydrogen-bond donors (Lipinski definition) is 3. The first-order valence-corrected chi connectivity index (χ1v) is 5.99. The van der Waals surface area contributed by atoms with E-state index in [0.29, 0.717) is 12.0 Å². The minimum absolute atomic E-state index is 0.259. The van der Waals surface area contributed by atoms with Gasteiger partial charge in [0.15, 0.2) is 0 Å². The van der Waals surface area contributed by atoms with Gasteiger partial charge in [-0.25, -0.2) is 4.79 Å². The van der Waals surface area contributed by atoms with Crippen molar-refractivity contribution in [2.75, 3.05) is 13.1 Å². The average molecular weight is 240 g/mol. The molecule has 17 heavy (non-hydrogen) atoms. The summed E-state index contributed by atoms with van der Waals surface area (Å²) in [7, 11) is 0. The van der Waals surface area contributed by atoms with E-state index in [4.69, 9.17) is 5.11 Å². The Kier molecular flexibility index (Phi) is 5.15. The second-order valence-corrected chi connectivity index (χ2v) is 4.34. The Hall–Kier alpha value is -1.36. The lowest BCUT2D eigenvalue weighted by molar-refractivity contribution is -0.141. The Morgan fingerprint density at radius 1 is 1.47 bits per heavy atom. The Labute approximate surface area is 101 Å². The predicted molar refractivity (Wildman–Crippen MR) is 64.7 cm³/mol. The van der Waals surface area contributed by atoms with Crippen molar-refractivity contribution in [3.05, 3.63) is 11.1 Å². The fourth-order valence-corrected chi connectivity index (χ4v) is 1.61. The largest absolute Gasteiger partial charge is 0.480 e. The van der Waals surface area contributed by atoms with Crippen molar-refractivity contribution in [1.29, 1.82) is 0 Å². The second kappa shape index (κ2) is 6.39. The maximum Gasteiger partial charge on any atom is 0.326 e. The van der Waals surface area contributed by atoms with Crippen LogP contribution in [0.2, 0.25) is 0 Å². The van der Waals surface area contributed by atoms with E-state index < -0.39 is 12.0 Å². The molecule has 0 aromatic rings. The van der Waals surface area contributed by atoms with Crippen molar-refractivity contribution in [3.8, 4) is 0 Å². The van der Waals surface area contributed by atoms with E-state index in [9.17, 15) is 9.59 Å². The molecule has 0 aromatic heterocycles. The molecule has 0 saturated carbocycles. The monoisotopic (exact) mass is 240 g/mol. The van der Waals surface area contributed by atoms with Crippen LogP contribution < -0.4 is 10.6 Å². The number of carbonyl (C=O) groups excluding carboxylic acids is 1. The molecule has 1 rings (SSSR count). The maximum absolute atomic E-state index is 11.8. The SMILES string of the molecule is CCCCC(NC(=O)C(C)=C1CNC1)C(=O)O. The number of hydrogen-bond acceptors (Lipinski definition) is 3. The van der Waals surface area contributed by atoms with E-state index in [-0.39, 0.29) is 5.91 Å². The van der Waals surface area contributed by atoms with Crippen molar-refractivity contribution in [2.24, 2.45) is 0 Å². The third-order valence-electron chi connectivity index (χ3n) is 3.00. The second-order valence-electron chi connectivity index (χ2n) is 4.34. The summed E-state index contributed by atoms with van der Waals surface area (Å²) in [6.07, 6.45) is 2.20. The van der Waals surface area contributed by atoms with Crippen LogP contribution in [-0.2, 0) is 9.59 Å². The number of carboxylic acid groups (broad SMARTS) is 1. The molecule has 1 heterocycles. The quantitative estimate of drug-likeness (QED) is 0.596. The molecule has 1 aliphatic rings. The molecule has 1 unspecified atom stereocenters. The van der Waals surface area contributed by atoms with Crippen LogP contribution in [0.1, 0.15) is 33.1 Å². The highest BCUT2D eigenvalue weighted by atomic mass is 16.4. The number of unbranched alkanes of at least 4 members (excludes halogenated alkanes) is 1. The van der Waals surface area contributed by atoms with E-state index in [0.717, 1.165) is 31.5 Å². The van der Waals surface area contributed by atoms with E-state index in [1.165, 1.54) is 0 Å². The van der Waals surface area contributed by atoms with Gasteiger partial charge in [0.1, 0.15) is 6.04 Å². The van der Waals surface area contributed by atoms with Crippen LogP contribution in [0.25, 0.3) is 0 Å². The summed E-state index contributed by atoms with van der Waals surface area (Å²) in [4.78, 5) is 22.8. The van der Waals surface area contributed by atoms with Gasteiger partial charge in [0.2, 0.25) is 5.91 Å². The number of rotatable bonds is 6. The van der Waals surface area contributed by atoms with Crippen molar-refractivity contribution in [1.82, 2.24) is 10.6 Å². The third kappa shape index (κ3) is 3.85. The zero-order valence-electron chi connectivity index (χ0n) is 10.4. The van der Waals surface area contributed by atoms with Crippen LogP contribution in [0, 0.1) is 0 Å². The van der Waals surface area contributed by atoms with Gasteiger partial charge in [-0.2, -0.15) is 0 Å². The van der Waals surface area contributed by atoms with Crippen LogP contribution in [0.15, 0.2) is 11.1 Å². The van der Waals surface area contributed by atoms with Crippen molar-refractivity contribution in [2.45, 2.75) is 39.2 Å². The van der Waals surface area contributed by atoms with Crippen molar-refractivity contribution >= 4 is 11.9 Å².